The monoisotopic (exact) mass is 256 g/mol. The Kier molecular flexibility index (Phi) is 7.28. The molecular formula is C14H28N2O2. The number of carbonyl (C=O) groups is 1. The fraction of sp³-hybridized carbons (Fsp3) is 0.929. The van der Waals surface area contributed by atoms with Gasteiger partial charge in [0, 0.05) is 33.7 Å². The number of nitrogens with one attached hydrogen (secondary N) is 1. The zero-order chi connectivity index (χ0) is 13.4. The molecule has 0 spiro atoms. The van der Waals surface area contributed by atoms with Crippen LogP contribution in [0, 0.1) is 11.8 Å². The van der Waals surface area contributed by atoms with Gasteiger partial charge in [-0.2, -0.15) is 0 Å². The molecule has 0 aromatic carbocycles. The van der Waals surface area contributed by atoms with Crippen molar-refractivity contribution < 1.29 is 9.53 Å². The Morgan fingerprint density at radius 3 is 2.72 bits per heavy atom. The molecule has 1 amide bonds. The number of hydrogen-bond acceptors (Lipinski definition) is 3. The minimum absolute atomic E-state index is 0.244. The summed E-state index contributed by atoms with van der Waals surface area (Å²) in [5, 5.41) is 3.37. The lowest BCUT2D eigenvalue weighted by molar-refractivity contribution is -0.131. The van der Waals surface area contributed by atoms with Gasteiger partial charge in [-0.1, -0.05) is 6.92 Å². The molecule has 1 rings (SSSR count). The summed E-state index contributed by atoms with van der Waals surface area (Å²) in [5.74, 6) is 1.34. The number of methoxy groups -OCH3 is 1. The lowest BCUT2D eigenvalue weighted by Gasteiger charge is -2.25. The standard InChI is InChI=1S/C14H28N2O2/c1-12(11-18-3)10-14(17)16(2)9-6-13-4-7-15-8-5-13/h12-13,15H,4-11H2,1-3H3. The Hall–Kier alpha value is -0.610. The highest BCUT2D eigenvalue weighted by molar-refractivity contribution is 5.76. The summed E-state index contributed by atoms with van der Waals surface area (Å²) in [6.45, 7) is 5.87. The molecule has 1 saturated heterocycles. The van der Waals surface area contributed by atoms with Crippen molar-refractivity contribution in [3.05, 3.63) is 0 Å². The van der Waals surface area contributed by atoms with Gasteiger partial charge in [0.1, 0.15) is 0 Å². The van der Waals surface area contributed by atoms with Crippen LogP contribution in [0.25, 0.3) is 0 Å². The number of ether oxygens (including phenoxy) is 1. The van der Waals surface area contributed by atoms with Gasteiger partial charge in [-0.15, -0.1) is 0 Å². The molecule has 18 heavy (non-hydrogen) atoms. The second kappa shape index (κ2) is 8.48. The lowest BCUT2D eigenvalue weighted by Crippen LogP contribution is -2.33. The molecule has 0 radical (unpaired) electrons. The SMILES string of the molecule is COCC(C)CC(=O)N(C)CCC1CCNCC1. The number of carbonyl (C=O) groups excluding carboxylic acids is 1. The van der Waals surface area contributed by atoms with Gasteiger partial charge in [-0.3, -0.25) is 4.79 Å². The molecule has 1 fully saturated rings. The van der Waals surface area contributed by atoms with Crippen molar-refractivity contribution in [2.24, 2.45) is 11.8 Å². The first-order chi connectivity index (χ1) is 8.63. The molecule has 4 nitrogen and oxygen atoms in total. The van der Waals surface area contributed by atoms with E-state index >= 15 is 0 Å². The van der Waals surface area contributed by atoms with Crippen LogP contribution in [-0.2, 0) is 9.53 Å². The summed E-state index contributed by atoms with van der Waals surface area (Å²) in [5.41, 5.74) is 0. The summed E-state index contributed by atoms with van der Waals surface area (Å²) >= 11 is 0. The van der Waals surface area contributed by atoms with Crippen LogP contribution in [0.3, 0.4) is 0 Å². The van der Waals surface area contributed by atoms with Crippen molar-refractivity contribution in [2.75, 3.05) is 40.4 Å². The van der Waals surface area contributed by atoms with E-state index in [1.54, 1.807) is 7.11 Å². The zero-order valence-electron chi connectivity index (χ0n) is 12.1. The van der Waals surface area contributed by atoms with Gasteiger partial charge in [0.2, 0.25) is 5.91 Å². The minimum atomic E-state index is 0.244. The van der Waals surface area contributed by atoms with Crippen molar-refractivity contribution in [3.63, 3.8) is 0 Å². The van der Waals surface area contributed by atoms with Crippen molar-refractivity contribution in [1.29, 1.82) is 0 Å². The van der Waals surface area contributed by atoms with Crippen LogP contribution < -0.4 is 5.32 Å². The van der Waals surface area contributed by atoms with Gasteiger partial charge in [0.25, 0.3) is 0 Å². The maximum absolute atomic E-state index is 12.0. The predicted molar refractivity (Wildman–Crippen MR) is 73.5 cm³/mol. The van der Waals surface area contributed by atoms with E-state index < -0.39 is 0 Å². The van der Waals surface area contributed by atoms with E-state index in [9.17, 15) is 4.79 Å². The number of hydrogen-bond donors (Lipinski definition) is 1. The Morgan fingerprint density at radius 2 is 2.11 bits per heavy atom. The van der Waals surface area contributed by atoms with Crippen molar-refractivity contribution in [1.82, 2.24) is 10.2 Å². The Labute approximate surface area is 111 Å². The van der Waals surface area contributed by atoms with Gasteiger partial charge in [-0.25, -0.2) is 0 Å². The van der Waals surface area contributed by atoms with Gasteiger partial charge < -0.3 is 15.0 Å². The molecule has 1 atom stereocenters. The molecule has 1 N–H and O–H groups in total. The van der Waals surface area contributed by atoms with Crippen LogP contribution in [0.4, 0.5) is 0 Å². The predicted octanol–water partition coefficient (Wildman–Crippen LogP) is 1.51. The fourth-order valence-corrected chi connectivity index (χ4v) is 2.47. The molecular weight excluding hydrogens is 228 g/mol. The molecule has 4 heteroatoms. The van der Waals surface area contributed by atoms with Crippen molar-refractivity contribution in [2.45, 2.75) is 32.6 Å². The molecule has 0 aromatic rings. The third-order valence-electron chi connectivity index (χ3n) is 3.73. The summed E-state index contributed by atoms with van der Waals surface area (Å²) in [4.78, 5) is 13.8. The van der Waals surface area contributed by atoms with Crippen LogP contribution in [-0.4, -0.2) is 51.2 Å². The molecule has 0 saturated carbocycles. The first-order valence-electron chi connectivity index (χ1n) is 7.07. The van der Waals surface area contributed by atoms with Crippen LogP contribution in [0.5, 0.6) is 0 Å². The Balaban J connectivity index is 2.18. The van der Waals surface area contributed by atoms with E-state index in [1.165, 1.54) is 12.8 Å². The average Bonchev–Trinajstić information content (AvgIpc) is 2.37. The third kappa shape index (κ3) is 5.83. The van der Waals surface area contributed by atoms with E-state index in [0.29, 0.717) is 18.9 Å². The maximum atomic E-state index is 12.0. The Bertz CT molecular complexity index is 240. The van der Waals surface area contributed by atoms with Gasteiger partial charge >= 0.3 is 0 Å². The summed E-state index contributed by atoms with van der Waals surface area (Å²) in [6, 6.07) is 0. The highest BCUT2D eigenvalue weighted by Gasteiger charge is 2.17. The zero-order valence-corrected chi connectivity index (χ0v) is 12.1. The average molecular weight is 256 g/mol. The van der Waals surface area contributed by atoms with E-state index in [1.807, 2.05) is 11.9 Å². The van der Waals surface area contributed by atoms with E-state index in [4.69, 9.17) is 4.74 Å². The highest BCUT2D eigenvalue weighted by atomic mass is 16.5. The van der Waals surface area contributed by atoms with Crippen LogP contribution in [0.15, 0.2) is 0 Å². The largest absolute Gasteiger partial charge is 0.384 e. The smallest absolute Gasteiger partial charge is 0.222 e. The Morgan fingerprint density at radius 1 is 1.44 bits per heavy atom. The number of piperidine rings is 1. The number of amides is 1. The van der Waals surface area contributed by atoms with Gasteiger partial charge in [-0.05, 0) is 44.2 Å². The second-order valence-electron chi connectivity index (χ2n) is 5.56. The topological polar surface area (TPSA) is 41.6 Å². The van der Waals surface area contributed by atoms with E-state index in [0.717, 1.165) is 32.0 Å². The number of rotatable bonds is 7. The fourth-order valence-electron chi connectivity index (χ4n) is 2.47. The highest BCUT2D eigenvalue weighted by Crippen LogP contribution is 2.16. The summed E-state index contributed by atoms with van der Waals surface area (Å²) < 4.78 is 5.06. The quantitative estimate of drug-likeness (QED) is 0.750. The van der Waals surface area contributed by atoms with E-state index in [-0.39, 0.29) is 5.91 Å². The van der Waals surface area contributed by atoms with Crippen LogP contribution in [0.2, 0.25) is 0 Å². The summed E-state index contributed by atoms with van der Waals surface area (Å²) in [6.07, 6.45) is 4.24. The van der Waals surface area contributed by atoms with Crippen LogP contribution >= 0.6 is 0 Å². The first kappa shape index (κ1) is 15.4. The third-order valence-corrected chi connectivity index (χ3v) is 3.73. The van der Waals surface area contributed by atoms with Crippen molar-refractivity contribution >= 4 is 5.91 Å². The molecule has 0 aromatic heterocycles. The van der Waals surface area contributed by atoms with Crippen molar-refractivity contribution in [3.8, 4) is 0 Å². The lowest BCUT2D eigenvalue weighted by atomic mass is 9.94. The van der Waals surface area contributed by atoms with Gasteiger partial charge in [0.15, 0.2) is 0 Å². The molecule has 0 aliphatic carbocycles. The molecule has 1 aliphatic heterocycles. The second-order valence-corrected chi connectivity index (χ2v) is 5.56. The normalized spacial score (nSPS) is 18.6. The van der Waals surface area contributed by atoms with Gasteiger partial charge in [0.05, 0.1) is 0 Å². The van der Waals surface area contributed by atoms with Crippen LogP contribution in [0.1, 0.15) is 32.6 Å². The first-order valence-corrected chi connectivity index (χ1v) is 7.07. The minimum Gasteiger partial charge on any atom is -0.384 e. The summed E-state index contributed by atoms with van der Waals surface area (Å²) in [7, 11) is 3.60. The maximum Gasteiger partial charge on any atom is 0.222 e. The molecule has 0 bridgehead atoms. The molecule has 1 aliphatic rings. The van der Waals surface area contributed by atoms with E-state index in [2.05, 4.69) is 12.2 Å². The molecule has 1 heterocycles. The molecule has 106 valence electrons. The molecule has 1 unspecified atom stereocenters. The number of nitrogens with zero attached hydrogens (tertiary/aromatic N) is 1.